The van der Waals surface area contributed by atoms with Gasteiger partial charge in [-0.05, 0) is 57.2 Å². The number of hydrogen-bond donors (Lipinski definition) is 1. The Labute approximate surface area is 161 Å². The first-order valence-electron chi connectivity index (χ1n) is 9.51. The molecule has 146 valence electrons. The molecule has 8 heteroatoms. The highest BCUT2D eigenvalue weighted by Crippen LogP contribution is 2.29. The van der Waals surface area contributed by atoms with Crippen LogP contribution in [0.3, 0.4) is 0 Å². The standard InChI is InChI=1S/C20H22N4O4/c1-3-24-11-18(22-23-24)21-19(25)12(2)27-13-8-9-15-14-6-4-5-7-16(14)20(26)28-17(15)10-13/h8-12H,3-7H2,1-2H3,(H,21,25). The molecular formula is C20H22N4O4. The van der Waals surface area contributed by atoms with E-state index in [1.54, 1.807) is 29.9 Å². The molecule has 1 aliphatic carbocycles. The largest absolute Gasteiger partial charge is 0.481 e. The van der Waals surface area contributed by atoms with E-state index in [-0.39, 0.29) is 11.5 Å². The highest BCUT2D eigenvalue weighted by molar-refractivity contribution is 5.93. The summed E-state index contributed by atoms with van der Waals surface area (Å²) >= 11 is 0. The van der Waals surface area contributed by atoms with Gasteiger partial charge in [0.1, 0.15) is 11.3 Å². The predicted molar refractivity (Wildman–Crippen MR) is 104 cm³/mol. The van der Waals surface area contributed by atoms with Gasteiger partial charge in [-0.2, -0.15) is 0 Å². The van der Waals surface area contributed by atoms with Crippen LogP contribution in [0.25, 0.3) is 11.0 Å². The van der Waals surface area contributed by atoms with Crippen molar-refractivity contribution in [1.82, 2.24) is 15.0 Å². The minimum atomic E-state index is -0.756. The van der Waals surface area contributed by atoms with Crippen molar-refractivity contribution in [2.45, 2.75) is 52.2 Å². The molecule has 1 unspecified atom stereocenters. The average Bonchev–Trinajstić information content (AvgIpc) is 3.15. The zero-order chi connectivity index (χ0) is 19.7. The second-order valence-corrected chi connectivity index (χ2v) is 6.92. The van der Waals surface area contributed by atoms with Gasteiger partial charge in [0.2, 0.25) is 0 Å². The van der Waals surface area contributed by atoms with Gasteiger partial charge in [0.05, 0.1) is 6.20 Å². The number of amides is 1. The Hall–Kier alpha value is -3.16. The van der Waals surface area contributed by atoms with Crippen LogP contribution in [0.5, 0.6) is 5.75 Å². The minimum absolute atomic E-state index is 0.274. The third-order valence-corrected chi connectivity index (χ3v) is 4.99. The van der Waals surface area contributed by atoms with Crippen LogP contribution >= 0.6 is 0 Å². The maximum absolute atomic E-state index is 12.3. The fourth-order valence-electron chi connectivity index (χ4n) is 3.49. The number of carbonyl (C=O) groups excluding carboxylic acids is 1. The van der Waals surface area contributed by atoms with Crippen molar-refractivity contribution < 1.29 is 13.9 Å². The van der Waals surface area contributed by atoms with Crippen LogP contribution in [-0.4, -0.2) is 27.0 Å². The van der Waals surface area contributed by atoms with Crippen LogP contribution < -0.4 is 15.7 Å². The summed E-state index contributed by atoms with van der Waals surface area (Å²) in [4.78, 5) is 24.6. The van der Waals surface area contributed by atoms with E-state index < -0.39 is 6.10 Å². The van der Waals surface area contributed by atoms with Gasteiger partial charge in [-0.15, -0.1) is 5.10 Å². The molecule has 0 saturated carbocycles. The lowest BCUT2D eigenvalue weighted by Crippen LogP contribution is -2.30. The minimum Gasteiger partial charge on any atom is -0.481 e. The summed E-state index contributed by atoms with van der Waals surface area (Å²) in [5, 5.41) is 11.4. The molecule has 0 saturated heterocycles. The van der Waals surface area contributed by atoms with Crippen LogP contribution in [0.15, 0.2) is 33.6 Å². The molecule has 1 atom stereocenters. The first kappa shape index (κ1) is 18.2. The molecule has 4 rings (SSSR count). The first-order valence-corrected chi connectivity index (χ1v) is 9.51. The van der Waals surface area contributed by atoms with E-state index in [2.05, 4.69) is 15.6 Å². The lowest BCUT2D eigenvalue weighted by atomic mass is 9.91. The van der Waals surface area contributed by atoms with Gasteiger partial charge in [-0.25, -0.2) is 4.79 Å². The van der Waals surface area contributed by atoms with Crippen LogP contribution in [0.4, 0.5) is 5.82 Å². The second kappa shape index (κ2) is 7.46. The van der Waals surface area contributed by atoms with Crippen molar-refractivity contribution in [3.63, 3.8) is 0 Å². The Balaban J connectivity index is 1.52. The maximum Gasteiger partial charge on any atom is 0.339 e. The monoisotopic (exact) mass is 382 g/mol. The molecule has 8 nitrogen and oxygen atoms in total. The van der Waals surface area contributed by atoms with Crippen LogP contribution in [0.2, 0.25) is 0 Å². The zero-order valence-electron chi connectivity index (χ0n) is 15.9. The maximum atomic E-state index is 12.3. The Kier molecular flexibility index (Phi) is 4.85. The van der Waals surface area contributed by atoms with Crippen LogP contribution in [-0.2, 0) is 24.2 Å². The van der Waals surface area contributed by atoms with E-state index in [0.29, 0.717) is 23.7 Å². The third kappa shape index (κ3) is 3.49. The molecule has 0 radical (unpaired) electrons. The van der Waals surface area contributed by atoms with Gasteiger partial charge in [0.15, 0.2) is 11.9 Å². The molecule has 0 bridgehead atoms. The summed E-state index contributed by atoms with van der Waals surface area (Å²) in [6, 6.07) is 5.37. The van der Waals surface area contributed by atoms with Gasteiger partial charge < -0.3 is 14.5 Å². The number of anilines is 1. The number of rotatable bonds is 5. The third-order valence-electron chi connectivity index (χ3n) is 4.99. The SMILES string of the molecule is CCn1cc(NC(=O)C(C)Oc2ccc3c4c(c(=O)oc3c2)CCCC4)nn1. The summed E-state index contributed by atoms with van der Waals surface area (Å²) < 4.78 is 12.9. The number of aromatic nitrogens is 3. The molecule has 1 amide bonds. The summed E-state index contributed by atoms with van der Waals surface area (Å²) in [6.07, 6.45) is 4.64. The number of benzene rings is 1. The van der Waals surface area contributed by atoms with Crippen molar-refractivity contribution >= 4 is 22.7 Å². The Morgan fingerprint density at radius 3 is 2.86 bits per heavy atom. The van der Waals surface area contributed by atoms with Gasteiger partial charge in [0, 0.05) is 23.6 Å². The average molecular weight is 382 g/mol. The summed E-state index contributed by atoms with van der Waals surface area (Å²) in [6.45, 7) is 4.25. The van der Waals surface area contributed by atoms with Crippen LogP contribution in [0.1, 0.15) is 37.8 Å². The van der Waals surface area contributed by atoms with Crippen molar-refractivity contribution in [2.24, 2.45) is 0 Å². The van der Waals surface area contributed by atoms with Crippen molar-refractivity contribution in [3.8, 4) is 5.75 Å². The van der Waals surface area contributed by atoms with Gasteiger partial charge in [-0.3, -0.25) is 9.48 Å². The van der Waals surface area contributed by atoms with Gasteiger partial charge >= 0.3 is 5.63 Å². The van der Waals surface area contributed by atoms with Crippen LogP contribution in [0, 0.1) is 0 Å². The van der Waals surface area contributed by atoms with Crippen molar-refractivity contribution in [3.05, 3.63) is 45.9 Å². The lowest BCUT2D eigenvalue weighted by molar-refractivity contribution is -0.122. The molecule has 1 aromatic carbocycles. The van der Waals surface area contributed by atoms with Gasteiger partial charge in [0.25, 0.3) is 5.91 Å². The quantitative estimate of drug-likeness (QED) is 0.681. The van der Waals surface area contributed by atoms with E-state index in [1.165, 1.54) is 0 Å². The number of carbonyl (C=O) groups is 1. The van der Waals surface area contributed by atoms with E-state index >= 15 is 0 Å². The Morgan fingerprint density at radius 1 is 1.32 bits per heavy atom. The van der Waals surface area contributed by atoms with E-state index in [9.17, 15) is 9.59 Å². The number of nitrogens with one attached hydrogen (secondary N) is 1. The van der Waals surface area contributed by atoms with Gasteiger partial charge in [-0.1, -0.05) is 5.21 Å². The molecule has 2 aromatic heterocycles. The predicted octanol–water partition coefficient (Wildman–Crippen LogP) is 2.69. The zero-order valence-corrected chi connectivity index (χ0v) is 15.9. The highest BCUT2D eigenvalue weighted by atomic mass is 16.5. The summed E-state index contributed by atoms with van der Waals surface area (Å²) in [5.74, 6) is 0.500. The van der Waals surface area contributed by atoms with E-state index in [1.807, 2.05) is 13.0 Å². The Morgan fingerprint density at radius 2 is 2.11 bits per heavy atom. The summed E-state index contributed by atoms with van der Waals surface area (Å²) in [5.41, 5.74) is 2.08. The number of fused-ring (bicyclic) bond motifs is 3. The highest BCUT2D eigenvalue weighted by Gasteiger charge is 2.20. The summed E-state index contributed by atoms with van der Waals surface area (Å²) in [7, 11) is 0. The van der Waals surface area contributed by atoms with E-state index in [0.717, 1.165) is 42.2 Å². The molecule has 0 aliphatic heterocycles. The molecular weight excluding hydrogens is 360 g/mol. The number of aryl methyl sites for hydroxylation is 2. The normalized spacial score (nSPS) is 14.5. The van der Waals surface area contributed by atoms with E-state index in [4.69, 9.17) is 9.15 Å². The molecule has 28 heavy (non-hydrogen) atoms. The number of hydrogen-bond acceptors (Lipinski definition) is 6. The Bertz CT molecular complexity index is 1090. The molecule has 3 aromatic rings. The molecule has 0 spiro atoms. The topological polar surface area (TPSA) is 99.2 Å². The fraction of sp³-hybridized carbons (Fsp3) is 0.400. The molecule has 0 fully saturated rings. The fourth-order valence-corrected chi connectivity index (χ4v) is 3.49. The first-order chi connectivity index (χ1) is 13.5. The lowest BCUT2D eigenvalue weighted by Gasteiger charge is -2.17. The van der Waals surface area contributed by atoms with Crippen molar-refractivity contribution in [2.75, 3.05) is 5.32 Å². The number of nitrogens with zero attached hydrogens (tertiary/aromatic N) is 3. The molecule has 1 N–H and O–H groups in total. The smallest absolute Gasteiger partial charge is 0.339 e. The molecule has 1 aliphatic rings. The molecule has 2 heterocycles. The number of ether oxygens (including phenoxy) is 1. The second-order valence-electron chi connectivity index (χ2n) is 6.92. The van der Waals surface area contributed by atoms with Crippen molar-refractivity contribution in [1.29, 1.82) is 0 Å².